The van der Waals surface area contributed by atoms with E-state index in [9.17, 15) is 18.0 Å². The molecule has 2 fully saturated rings. The fourth-order valence-electron chi connectivity index (χ4n) is 5.99. The summed E-state index contributed by atoms with van der Waals surface area (Å²) in [4.78, 5) is 16.3. The number of rotatable bonds is 8. The van der Waals surface area contributed by atoms with Crippen molar-refractivity contribution in [3.63, 3.8) is 0 Å². The maximum Gasteiger partial charge on any atom is 0.416 e. The lowest BCUT2D eigenvalue weighted by atomic mass is 10.0. The topological polar surface area (TPSA) is 53.6 Å². The Hall–Kier alpha value is -2.92. The van der Waals surface area contributed by atoms with E-state index in [4.69, 9.17) is 4.74 Å². The van der Waals surface area contributed by atoms with Gasteiger partial charge >= 0.3 is 6.18 Å². The van der Waals surface area contributed by atoms with E-state index >= 15 is 0 Å². The van der Waals surface area contributed by atoms with Crippen molar-refractivity contribution in [2.24, 2.45) is 0 Å². The summed E-state index contributed by atoms with van der Waals surface area (Å²) in [6.07, 6.45) is 0.0167. The van der Waals surface area contributed by atoms with Gasteiger partial charge in [0.1, 0.15) is 11.9 Å². The van der Waals surface area contributed by atoms with Gasteiger partial charge < -0.3 is 15.4 Å². The van der Waals surface area contributed by atoms with Crippen LogP contribution in [0.25, 0.3) is 21.2 Å². The van der Waals surface area contributed by atoms with Crippen LogP contribution >= 0.6 is 27.3 Å². The number of carbonyl (C=O) groups is 1. The number of hydrogen-bond donors (Lipinski definition) is 2. The average Bonchev–Trinajstić information content (AvgIpc) is 3.41. The molecule has 2 N–H and O–H groups in total. The summed E-state index contributed by atoms with van der Waals surface area (Å²) in [5.74, 6) is 0.901. The summed E-state index contributed by atoms with van der Waals surface area (Å²) in [6.45, 7) is 4.68. The van der Waals surface area contributed by atoms with Crippen LogP contribution in [0.3, 0.4) is 0 Å². The number of piperidine rings is 2. The molecule has 2 aliphatic rings. The smallest absolute Gasteiger partial charge is 0.416 e. The zero-order chi connectivity index (χ0) is 30.7. The molecular formula is C34H35BrF3N3O2S. The highest BCUT2D eigenvalue weighted by molar-refractivity contribution is 9.10. The predicted molar refractivity (Wildman–Crippen MR) is 173 cm³/mol. The average molecular weight is 687 g/mol. The standard InChI is InChI=1S/C34H35BrF3N3O2S/c35-30-16-22(4-7-31(30)43-28-8-12-39-13-9-28)21-41-14-10-27(11-15-41)40-33(42)20-29-18-25-6-5-24(19-32(25)44-29)23-2-1-3-26(17-23)34(36,37)38/h1-7,16-19,27-28,39H,8-15,20-21H2,(H,40,42). The van der Waals surface area contributed by atoms with Gasteiger partial charge in [-0.2, -0.15) is 13.2 Å². The highest BCUT2D eigenvalue weighted by atomic mass is 79.9. The van der Waals surface area contributed by atoms with E-state index in [0.29, 0.717) is 5.56 Å². The Kier molecular flexibility index (Phi) is 9.61. The van der Waals surface area contributed by atoms with E-state index in [0.717, 1.165) is 95.2 Å². The lowest BCUT2D eigenvalue weighted by Gasteiger charge is -2.32. The maximum atomic E-state index is 13.2. The molecule has 0 saturated carbocycles. The first-order valence-electron chi connectivity index (χ1n) is 15.1. The van der Waals surface area contributed by atoms with Crippen molar-refractivity contribution >= 4 is 43.3 Å². The molecule has 2 saturated heterocycles. The Morgan fingerprint density at radius 2 is 1.75 bits per heavy atom. The molecule has 0 atom stereocenters. The fourth-order valence-corrected chi connectivity index (χ4v) is 7.61. The third kappa shape index (κ3) is 7.83. The first-order chi connectivity index (χ1) is 21.2. The number of nitrogens with one attached hydrogen (secondary N) is 2. The first kappa shape index (κ1) is 31.1. The summed E-state index contributed by atoms with van der Waals surface area (Å²) >= 11 is 5.21. The normalized spacial score (nSPS) is 17.2. The number of nitrogens with zero attached hydrogens (tertiary/aromatic N) is 1. The van der Waals surface area contributed by atoms with Crippen LogP contribution in [0.5, 0.6) is 5.75 Å². The lowest BCUT2D eigenvalue weighted by molar-refractivity contribution is -0.137. The second-order valence-electron chi connectivity index (χ2n) is 11.7. The molecule has 0 aliphatic carbocycles. The second kappa shape index (κ2) is 13.6. The SMILES string of the molecule is O=C(Cc1cc2ccc(-c3cccc(C(F)(F)F)c3)cc2s1)NC1CCN(Cc2ccc(OC3CCNCC3)c(Br)c2)CC1. The molecule has 232 valence electrons. The molecule has 0 spiro atoms. The molecule has 0 unspecified atom stereocenters. The van der Waals surface area contributed by atoms with Crippen LogP contribution in [-0.2, 0) is 23.9 Å². The largest absolute Gasteiger partial charge is 0.489 e. The molecule has 1 aromatic heterocycles. The van der Waals surface area contributed by atoms with Gasteiger partial charge in [0.2, 0.25) is 5.91 Å². The molecule has 3 aromatic carbocycles. The van der Waals surface area contributed by atoms with Gasteiger partial charge in [-0.05, 0) is 113 Å². The molecule has 44 heavy (non-hydrogen) atoms. The number of carbonyl (C=O) groups excluding carboxylic acids is 1. The third-order valence-electron chi connectivity index (χ3n) is 8.36. The van der Waals surface area contributed by atoms with Crippen LogP contribution in [0, 0.1) is 0 Å². The molecule has 10 heteroatoms. The van der Waals surface area contributed by atoms with E-state index in [1.165, 1.54) is 29.0 Å². The number of benzene rings is 3. The molecule has 5 nitrogen and oxygen atoms in total. The number of thiophene rings is 1. The maximum absolute atomic E-state index is 13.2. The number of ether oxygens (including phenoxy) is 1. The van der Waals surface area contributed by atoms with E-state index in [1.54, 1.807) is 6.07 Å². The Labute approximate surface area is 267 Å². The summed E-state index contributed by atoms with van der Waals surface area (Å²) in [6, 6.07) is 19.5. The zero-order valence-corrected chi connectivity index (χ0v) is 26.7. The highest BCUT2D eigenvalue weighted by Gasteiger charge is 2.30. The molecule has 1 amide bonds. The van der Waals surface area contributed by atoms with Crippen LogP contribution in [0.2, 0.25) is 0 Å². The summed E-state index contributed by atoms with van der Waals surface area (Å²) in [5, 5.41) is 7.57. The van der Waals surface area contributed by atoms with Gasteiger partial charge in [-0.1, -0.05) is 30.3 Å². The predicted octanol–water partition coefficient (Wildman–Crippen LogP) is 7.80. The summed E-state index contributed by atoms with van der Waals surface area (Å²) < 4.78 is 47.7. The van der Waals surface area contributed by atoms with Crippen molar-refractivity contribution in [3.05, 3.63) is 87.2 Å². The van der Waals surface area contributed by atoms with Crippen molar-refractivity contribution < 1.29 is 22.7 Å². The number of halogens is 4. The molecule has 0 bridgehead atoms. The molecule has 6 rings (SSSR count). The van der Waals surface area contributed by atoms with Gasteiger partial charge in [0.15, 0.2) is 0 Å². The molecule has 2 aliphatic heterocycles. The summed E-state index contributed by atoms with van der Waals surface area (Å²) in [5.41, 5.74) is 1.82. The molecular weight excluding hydrogens is 651 g/mol. The number of hydrogen-bond acceptors (Lipinski definition) is 5. The minimum atomic E-state index is -4.38. The number of alkyl halides is 3. The van der Waals surface area contributed by atoms with Crippen molar-refractivity contribution in [2.45, 2.75) is 57.0 Å². The number of amides is 1. The van der Waals surface area contributed by atoms with Crippen LogP contribution in [-0.4, -0.2) is 49.1 Å². The minimum absolute atomic E-state index is 0.00127. The van der Waals surface area contributed by atoms with Crippen LogP contribution in [0.4, 0.5) is 13.2 Å². The van der Waals surface area contributed by atoms with Crippen molar-refractivity contribution in [1.82, 2.24) is 15.5 Å². The highest BCUT2D eigenvalue weighted by Crippen LogP contribution is 2.35. The van der Waals surface area contributed by atoms with Gasteiger partial charge in [0, 0.05) is 35.3 Å². The zero-order valence-electron chi connectivity index (χ0n) is 24.3. The third-order valence-corrected chi connectivity index (χ3v) is 10.1. The molecule has 0 radical (unpaired) electrons. The van der Waals surface area contributed by atoms with E-state index in [2.05, 4.69) is 49.7 Å². The van der Waals surface area contributed by atoms with Crippen molar-refractivity contribution in [2.75, 3.05) is 26.2 Å². The van der Waals surface area contributed by atoms with Gasteiger partial charge in [0.25, 0.3) is 0 Å². The van der Waals surface area contributed by atoms with Gasteiger partial charge in [-0.25, -0.2) is 0 Å². The van der Waals surface area contributed by atoms with Gasteiger partial charge in [-0.15, -0.1) is 11.3 Å². The number of fused-ring (bicyclic) bond motifs is 1. The molecule has 3 heterocycles. The van der Waals surface area contributed by atoms with Crippen LogP contribution < -0.4 is 15.4 Å². The quantitative estimate of drug-likeness (QED) is 0.199. The van der Waals surface area contributed by atoms with Crippen LogP contribution in [0.1, 0.15) is 41.7 Å². The first-order valence-corrected chi connectivity index (χ1v) is 16.7. The Morgan fingerprint density at radius 3 is 2.50 bits per heavy atom. The van der Waals surface area contributed by atoms with Crippen molar-refractivity contribution in [3.8, 4) is 16.9 Å². The Balaban J connectivity index is 0.986. The van der Waals surface area contributed by atoms with Gasteiger partial charge in [-0.3, -0.25) is 9.69 Å². The monoisotopic (exact) mass is 685 g/mol. The van der Waals surface area contributed by atoms with E-state index in [-0.39, 0.29) is 24.5 Å². The fraction of sp³-hybridized carbons (Fsp3) is 0.382. The number of likely N-dealkylation sites (tertiary alicyclic amines) is 1. The second-order valence-corrected chi connectivity index (χ2v) is 13.7. The Morgan fingerprint density at radius 1 is 0.977 bits per heavy atom. The molecule has 4 aromatic rings. The van der Waals surface area contributed by atoms with Crippen LogP contribution in [0.15, 0.2) is 71.2 Å². The van der Waals surface area contributed by atoms with Gasteiger partial charge in [0.05, 0.1) is 16.5 Å². The lowest BCUT2D eigenvalue weighted by Crippen LogP contribution is -2.44. The van der Waals surface area contributed by atoms with E-state index < -0.39 is 11.7 Å². The summed E-state index contributed by atoms with van der Waals surface area (Å²) in [7, 11) is 0. The minimum Gasteiger partial charge on any atom is -0.489 e. The van der Waals surface area contributed by atoms with E-state index in [1.807, 2.05) is 24.3 Å². The Bertz CT molecular complexity index is 1610. The van der Waals surface area contributed by atoms with Crippen molar-refractivity contribution in [1.29, 1.82) is 0 Å².